The van der Waals surface area contributed by atoms with Gasteiger partial charge >= 0.3 is 5.97 Å². The Morgan fingerprint density at radius 2 is 1.97 bits per heavy atom. The predicted octanol–water partition coefficient (Wildman–Crippen LogP) is 3.78. The van der Waals surface area contributed by atoms with Gasteiger partial charge in [-0.2, -0.15) is 0 Å². The molecule has 1 aromatic carbocycles. The Morgan fingerprint density at radius 1 is 1.19 bits per heavy atom. The number of nitrogens with zero attached hydrogens (tertiary/aromatic N) is 3. The van der Waals surface area contributed by atoms with Crippen molar-refractivity contribution in [3.05, 3.63) is 69.5 Å². The zero-order valence-electron chi connectivity index (χ0n) is 18.4. The third-order valence-electron chi connectivity index (χ3n) is 4.44. The standard InChI is InChI=1S/C22H27N3O7/c1-4-31-20(26)9-5-6-13-32-24-21(17-8-7-12-23-15-17)16-10-11-19(25(27)28)18(14-16)22(29-2)30-3/h7-8,10-12,14-15,22H,4-6,9,13H2,1-3H3/b24-21-. The molecule has 0 spiro atoms. The van der Waals surface area contributed by atoms with Gasteiger partial charge < -0.3 is 19.0 Å². The Bertz CT molecular complexity index is 915. The van der Waals surface area contributed by atoms with Crippen molar-refractivity contribution in [2.75, 3.05) is 27.4 Å². The third-order valence-corrected chi connectivity index (χ3v) is 4.44. The molecular formula is C22H27N3O7. The van der Waals surface area contributed by atoms with Crippen molar-refractivity contribution in [1.82, 2.24) is 4.98 Å². The molecule has 0 N–H and O–H groups in total. The highest BCUT2D eigenvalue weighted by molar-refractivity contribution is 6.12. The molecule has 0 aliphatic carbocycles. The van der Waals surface area contributed by atoms with Crippen molar-refractivity contribution in [3.8, 4) is 0 Å². The molecule has 10 heteroatoms. The molecule has 0 radical (unpaired) electrons. The van der Waals surface area contributed by atoms with Gasteiger partial charge in [0, 0.05) is 50.2 Å². The molecule has 1 heterocycles. The van der Waals surface area contributed by atoms with Crippen LogP contribution in [-0.2, 0) is 23.8 Å². The second-order valence-corrected chi connectivity index (χ2v) is 6.61. The Hall–Kier alpha value is -3.37. The molecule has 0 unspecified atom stereocenters. The second kappa shape index (κ2) is 13.1. The average molecular weight is 445 g/mol. The first-order chi connectivity index (χ1) is 15.5. The molecule has 0 aliphatic heterocycles. The summed E-state index contributed by atoms with van der Waals surface area (Å²) in [4.78, 5) is 32.0. The monoisotopic (exact) mass is 445 g/mol. The number of carbonyl (C=O) groups excluding carboxylic acids is 1. The van der Waals surface area contributed by atoms with Crippen LogP contribution in [0.4, 0.5) is 5.69 Å². The summed E-state index contributed by atoms with van der Waals surface area (Å²) in [6.45, 7) is 2.42. The molecule has 0 bridgehead atoms. The van der Waals surface area contributed by atoms with Crippen molar-refractivity contribution in [1.29, 1.82) is 0 Å². The number of nitro benzene ring substituents is 1. The first-order valence-corrected chi connectivity index (χ1v) is 10.1. The van der Waals surface area contributed by atoms with Crippen molar-refractivity contribution in [2.45, 2.75) is 32.5 Å². The van der Waals surface area contributed by atoms with Gasteiger partial charge in [0.1, 0.15) is 12.3 Å². The molecule has 0 atom stereocenters. The quantitative estimate of drug-likeness (QED) is 0.114. The maximum absolute atomic E-state index is 11.5. The number of carbonyl (C=O) groups is 1. The van der Waals surface area contributed by atoms with Crippen LogP contribution in [0.2, 0.25) is 0 Å². The SMILES string of the molecule is CCOC(=O)CCCCO/N=C(\c1cccnc1)c1ccc([N+](=O)[O-])c(C(OC)OC)c1. The van der Waals surface area contributed by atoms with Gasteiger partial charge in [-0.05, 0) is 44.0 Å². The summed E-state index contributed by atoms with van der Waals surface area (Å²) < 4.78 is 15.4. The predicted molar refractivity (Wildman–Crippen MR) is 116 cm³/mol. The molecule has 1 aromatic heterocycles. The smallest absolute Gasteiger partial charge is 0.305 e. The van der Waals surface area contributed by atoms with Gasteiger partial charge in [0.05, 0.1) is 17.1 Å². The fourth-order valence-electron chi connectivity index (χ4n) is 2.96. The van der Waals surface area contributed by atoms with Gasteiger partial charge in [0.2, 0.25) is 0 Å². The summed E-state index contributed by atoms with van der Waals surface area (Å²) >= 11 is 0. The lowest BCUT2D eigenvalue weighted by Gasteiger charge is -2.15. The van der Waals surface area contributed by atoms with E-state index in [-0.39, 0.29) is 17.2 Å². The van der Waals surface area contributed by atoms with Gasteiger partial charge in [0.25, 0.3) is 5.69 Å². The number of aromatic nitrogens is 1. The van der Waals surface area contributed by atoms with Crippen LogP contribution < -0.4 is 0 Å². The highest BCUT2D eigenvalue weighted by Crippen LogP contribution is 2.29. The van der Waals surface area contributed by atoms with Gasteiger partial charge in [-0.25, -0.2) is 0 Å². The highest BCUT2D eigenvalue weighted by atomic mass is 16.7. The molecule has 172 valence electrons. The van der Waals surface area contributed by atoms with E-state index >= 15 is 0 Å². The molecule has 10 nitrogen and oxygen atoms in total. The molecule has 0 saturated carbocycles. The third kappa shape index (κ3) is 7.10. The van der Waals surface area contributed by atoms with Gasteiger partial charge in [-0.1, -0.05) is 5.16 Å². The number of hydrogen-bond donors (Lipinski definition) is 0. The molecule has 2 rings (SSSR count). The number of unbranched alkanes of at least 4 members (excludes halogenated alkanes) is 1. The van der Waals surface area contributed by atoms with E-state index in [0.29, 0.717) is 49.3 Å². The Morgan fingerprint density at radius 3 is 2.59 bits per heavy atom. The van der Waals surface area contributed by atoms with Crippen LogP contribution in [0.3, 0.4) is 0 Å². The molecular weight excluding hydrogens is 418 g/mol. The number of pyridine rings is 1. The number of nitro groups is 1. The Kier molecular flexibility index (Phi) is 10.2. The van der Waals surface area contributed by atoms with Crippen LogP contribution in [0.15, 0.2) is 47.9 Å². The zero-order chi connectivity index (χ0) is 23.3. The molecule has 0 amide bonds. The number of esters is 1. The number of hydrogen-bond acceptors (Lipinski definition) is 9. The normalized spacial score (nSPS) is 11.4. The highest BCUT2D eigenvalue weighted by Gasteiger charge is 2.24. The van der Waals surface area contributed by atoms with E-state index in [1.807, 2.05) is 0 Å². The molecule has 0 fully saturated rings. The summed E-state index contributed by atoms with van der Waals surface area (Å²) in [6.07, 6.45) is 3.87. The van der Waals surface area contributed by atoms with Crippen molar-refractivity contribution < 1.29 is 28.8 Å². The maximum atomic E-state index is 11.5. The minimum Gasteiger partial charge on any atom is -0.466 e. The number of ether oxygens (including phenoxy) is 3. The van der Waals surface area contributed by atoms with Crippen LogP contribution in [0.25, 0.3) is 0 Å². The minimum atomic E-state index is -0.922. The van der Waals surface area contributed by atoms with E-state index < -0.39 is 11.2 Å². The van der Waals surface area contributed by atoms with E-state index in [9.17, 15) is 14.9 Å². The fourth-order valence-corrected chi connectivity index (χ4v) is 2.96. The number of oxime groups is 1. The van der Waals surface area contributed by atoms with E-state index in [2.05, 4.69) is 10.1 Å². The van der Waals surface area contributed by atoms with Crippen LogP contribution in [0.1, 0.15) is 49.2 Å². The topological polar surface area (TPSA) is 122 Å². The lowest BCUT2D eigenvalue weighted by molar-refractivity contribution is -0.387. The minimum absolute atomic E-state index is 0.132. The van der Waals surface area contributed by atoms with E-state index in [4.69, 9.17) is 19.0 Å². The number of rotatable bonds is 13. The average Bonchev–Trinajstić information content (AvgIpc) is 2.80. The van der Waals surface area contributed by atoms with Crippen molar-refractivity contribution in [3.63, 3.8) is 0 Å². The maximum Gasteiger partial charge on any atom is 0.305 e. The first kappa shape index (κ1) is 24.9. The first-order valence-electron chi connectivity index (χ1n) is 10.1. The number of benzene rings is 1. The van der Waals surface area contributed by atoms with Crippen LogP contribution >= 0.6 is 0 Å². The van der Waals surface area contributed by atoms with Crippen LogP contribution in [0.5, 0.6) is 0 Å². The molecule has 0 saturated heterocycles. The van der Waals surface area contributed by atoms with E-state index in [1.54, 1.807) is 43.6 Å². The molecule has 0 aliphatic rings. The van der Waals surface area contributed by atoms with Crippen molar-refractivity contribution in [2.24, 2.45) is 5.16 Å². The van der Waals surface area contributed by atoms with Gasteiger partial charge in [0.15, 0.2) is 6.29 Å². The summed E-state index contributed by atoms with van der Waals surface area (Å²) in [5.41, 5.74) is 1.82. The van der Waals surface area contributed by atoms with Gasteiger partial charge in [-0.15, -0.1) is 0 Å². The van der Waals surface area contributed by atoms with E-state index in [0.717, 1.165) is 0 Å². The van der Waals surface area contributed by atoms with Crippen LogP contribution in [-0.4, -0.2) is 49.0 Å². The second-order valence-electron chi connectivity index (χ2n) is 6.61. The summed E-state index contributed by atoms with van der Waals surface area (Å²) in [6, 6.07) is 8.11. The lowest BCUT2D eigenvalue weighted by atomic mass is 10.0. The fraction of sp³-hybridized carbons (Fsp3) is 0.409. The summed E-state index contributed by atoms with van der Waals surface area (Å²) in [5, 5.41) is 15.7. The Labute approximate surface area is 186 Å². The van der Waals surface area contributed by atoms with E-state index in [1.165, 1.54) is 20.3 Å². The molecule has 2 aromatic rings. The number of methoxy groups -OCH3 is 2. The molecule has 32 heavy (non-hydrogen) atoms. The van der Waals surface area contributed by atoms with Crippen molar-refractivity contribution >= 4 is 17.4 Å². The summed E-state index contributed by atoms with van der Waals surface area (Å²) in [5.74, 6) is -0.240. The lowest BCUT2D eigenvalue weighted by Crippen LogP contribution is -2.11. The zero-order valence-corrected chi connectivity index (χ0v) is 18.4. The van der Waals surface area contributed by atoms with Crippen LogP contribution in [0, 0.1) is 10.1 Å². The van der Waals surface area contributed by atoms with Gasteiger partial charge in [-0.3, -0.25) is 19.9 Å². The largest absolute Gasteiger partial charge is 0.466 e. The Balaban J connectivity index is 2.26. The summed E-state index contributed by atoms with van der Waals surface area (Å²) in [7, 11) is 2.81.